The Morgan fingerprint density at radius 3 is 2.71 bits per heavy atom. The number of carboxylic acid groups (broad SMARTS) is 1. The van der Waals surface area contributed by atoms with Crippen LogP contribution in [0.3, 0.4) is 0 Å². The molecule has 2 aromatic heterocycles. The zero-order chi connectivity index (χ0) is 16.9. The first-order valence-electron chi connectivity index (χ1n) is 8.10. The quantitative estimate of drug-likeness (QED) is 0.927. The summed E-state index contributed by atoms with van der Waals surface area (Å²) in [5.41, 5.74) is 1.29. The Bertz CT molecular complexity index is 788. The van der Waals surface area contributed by atoms with Gasteiger partial charge in [0.05, 0.1) is 16.4 Å². The largest absolute Gasteiger partial charge is 0.481 e. The second kappa shape index (κ2) is 5.44. The summed E-state index contributed by atoms with van der Waals surface area (Å²) < 4.78 is 1.68. The smallest absolute Gasteiger partial charge is 0.307 e. The van der Waals surface area contributed by atoms with Crippen molar-refractivity contribution in [3.8, 4) is 10.6 Å². The first kappa shape index (κ1) is 15.4. The van der Waals surface area contributed by atoms with Gasteiger partial charge in [-0.15, -0.1) is 11.3 Å². The van der Waals surface area contributed by atoms with Crippen molar-refractivity contribution in [2.24, 2.45) is 18.4 Å². The molecule has 1 amide bonds. The van der Waals surface area contributed by atoms with Gasteiger partial charge in [-0.2, -0.15) is 5.10 Å². The molecule has 2 aromatic rings. The van der Waals surface area contributed by atoms with Gasteiger partial charge in [-0.1, -0.05) is 6.07 Å². The van der Waals surface area contributed by atoms with Crippen molar-refractivity contribution in [2.75, 3.05) is 13.1 Å². The van der Waals surface area contributed by atoms with Gasteiger partial charge in [0.1, 0.15) is 5.69 Å². The molecule has 3 heterocycles. The lowest BCUT2D eigenvalue weighted by molar-refractivity contribution is -0.139. The van der Waals surface area contributed by atoms with E-state index in [0.29, 0.717) is 18.7 Å². The topological polar surface area (TPSA) is 75.4 Å². The van der Waals surface area contributed by atoms with E-state index in [1.165, 1.54) is 0 Å². The molecule has 126 valence electrons. The van der Waals surface area contributed by atoms with E-state index >= 15 is 0 Å². The zero-order valence-electron chi connectivity index (χ0n) is 13.4. The minimum absolute atomic E-state index is 0.00567. The number of carbonyl (C=O) groups excluding carboxylic acids is 1. The van der Waals surface area contributed by atoms with E-state index < -0.39 is 5.97 Å². The number of piperidine rings is 1. The third-order valence-electron chi connectivity index (χ3n) is 5.35. The summed E-state index contributed by atoms with van der Waals surface area (Å²) in [5.74, 6) is -0.911. The van der Waals surface area contributed by atoms with Crippen LogP contribution in [0.15, 0.2) is 23.7 Å². The minimum atomic E-state index is -0.693. The van der Waals surface area contributed by atoms with Crippen molar-refractivity contribution in [3.05, 3.63) is 29.3 Å². The van der Waals surface area contributed by atoms with Crippen LogP contribution in [0, 0.1) is 11.3 Å². The number of thiophene rings is 1. The number of nitrogens with zero attached hydrogens (tertiary/aromatic N) is 3. The van der Waals surface area contributed by atoms with Crippen LogP contribution in [-0.2, 0) is 11.8 Å². The molecule has 4 rings (SSSR count). The maximum atomic E-state index is 12.9. The third kappa shape index (κ3) is 2.43. The first-order chi connectivity index (χ1) is 11.5. The van der Waals surface area contributed by atoms with Gasteiger partial charge in [0.25, 0.3) is 5.91 Å². The number of aryl methyl sites for hydroxylation is 1. The molecule has 1 atom stereocenters. The number of carbonyl (C=O) groups is 2. The van der Waals surface area contributed by atoms with Gasteiger partial charge < -0.3 is 10.0 Å². The van der Waals surface area contributed by atoms with Crippen LogP contribution in [0.25, 0.3) is 10.6 Å². The Kier molecular flexibility index (Phi) is 3.49. The molecule has 1 unspecified atom stereocenters. The predicted octanol–water partition coefficient (Wildman–Crippen LogP) is 2.48. The van der Waals surface area contributed by atoms with Crippen LogP contribution >= 0.6 is 11.3 Å². The number of aliphatic carboxylic acids is 1. The van der Waals surface area contributed by atoms with E-state index in [1.807, 2.05) is 29.5 Å². The van der Waals surface area contributed by atoms with Gasteiger partial charge in [0.15, 0.2) is 0 Å². The number of hydrogen-bond acceptors (Lipinski definition) is 4. The average Bonchev–Trinajstić information content (AvgIpc) is 2.94. The molecule has 24 heavy (non-hydrogen) atoms. The number of aromatic nitrogens is 2. The number of hydrogen-bond donors (Lipinski definition) is 1. The highest BCUT2D eigenvalue weighted by Gasteiger charge is 2.59. The van der Waals surface area contributed by atoms with E-state index in [-0.39, 0.29) is 17.2 Å². The van der Waals surface area contributed by atoms with Crippen molar-refractivity contribution in [2.45, 2.75) is 19.3 Å². The van der Waals surface area contributed by atoms with Gasteiger partial charge in [0.2, 0.25) is 0 Å². The Morgan fingerprint density at radius 1 is 1.38 bits per heavy atom. The van der Waals surface area contributed by atoms with Gasteiger partial charge in [-0.05, 0) is 36.1 Å². The summed E-state index contributed by atoms with van der Waals surface area (Å²) in [6.45, 7) is 1.25. The molecular formula is C17H19N3O3S. The lowest BCUT2D eigenvalue weighted by Gasteiger charge is -2.32. The normalized spacial score (nSPS) is 21.9. The van der Waals surface area contributed by atoms with Crippen molar-refractivity contribution in [1.29, 1.82) is 0 Å². The van der Waals surface area contributed by atoms with E-state index in [9.17, 15) is 14.7 Å². The molecule has 1 saturated carbocycles. The molecular weight excluding hydrogens is 326 g/mol. The second-order valence-corrected chi connectivity index (χ2v) is 7.74. The maximum Gasteiger partial charge on any atom is 0.307 e. The monoisotopic (exact) mass is 345 g/mol. The number of rotatable bonds is 3. The fourth-order valence-electron chi connectivity index (χ4n) is 3.82. The fraction of sp³-hybridized carbons (Fsp3) is 0.471. The van der Waals surface area contributed by atoms with E-state index in [1.54, 1.807) is 22.2 Å². The standard InChI is InChI=1S/C17H19N3O3S/c1-19-10-11(14(18-19)13-3-2-8-24-13)15(21)20-6-4-17(5-7-20)9-12(17)16(22)23/h2-3,8,10,12H,4-7,9H2,1H3,(H,22,23). The van der Waals surface area contributed by atoms with Crippen molar-refractivity contribution in [3.63, 3.8) is 0 Å². The van der Waals surface area contributed by atoms with Crippen LogP contribution in [0.2, 0.25) is 0 Å². The highest BCUT2D eigenvalue weighted by molar-refractivity contribution is 7.13. The summed E-state index contributed by atoms with van der Waals surface area (Å²) in [6, 6.07) is 3.92. The zero-order valence-corrected chi connectivity index (χ0v) is 14.3. The molecule has 0 radical (unpaired) electrons. The average molecular weight is 345 g/mol. The summed E-state index contributed by atoms with van der Waals surface area (Å²) in [7, 11) is 1.82. The number of carboxylic acids is 1. The van der Waals surface area contributed by atoms with Crippen LogP contribution < -0.4 is 0 Å². The Balaban J connectivity index is 1.51. The molecule has 0 aromatic carbocycles. The Labute approximate surface area is 143 Å². The van der Waals surface area contributed by atoms with Gasteiger partial charge in [0, 0.05) is 26.3 Å². The van der Waals surface area contributed by atoms with E-state index in [0.717, 1.165) is 29.8 Å². The molecule has 1 aliphatic carbocycles. The first-order valence-corrected chi connectivity index (χ1v) is 8.98. The number of likely N-dealkylation sites (tertiary alicyclic amines) is 1. The summed E-state index contributed by atoms with van der Waals surface area (Å²) in [4.78, 5) is 26.9. The lowest BCUT2D eigenvalue weighted by Crippen LogP contribution is -2.40. The van der Waals surface area contributed by atoms with Crippen LogP contribution in [0.1, 0.15) is 29.6 Å². The highest BCUT2D eigenvalue weighted by Crippen LogP contribution is 2.59. The molecule has 1 saturated heterocycles. The fourth-order valence-corrected chi connectivity index (χ4v) is 4.54. The molecule has 1 spiro atoms. The summed E-state index contributed by atoms with van der Waals surface area (Å²) >= 11 is 1.57. The molecule has 2 fully saturated rings. The molecule has 0 bridgehead atoms. The van der Waals surface area contributed by atoms with Gasteiger partial charge >= 0.3 is 5.97 Å². The van der Waals surface area contributed by atoms with E-state index in [4.69, 9.17) is 0 Å². The van der Waals surface area contributed by atoms with Crippen molar-refractivity contribution in [1.82, 2.24) is 14.7 Å². The Morgan fingerprint density at radius 2 is 2.12 bits per heavy atom. The van der Waals surface area contributed by atoms with Crippen LogP contribution in [-0.4, -0.2) is 44.8 Å². The molecule has 6 nitrogen and oxygen atoms in total. The summed E-state index contributed by atoms with van der Waals surface area (Å²) in [6.07, 6.45) is 4.10. The predicted molar refractivity (Wildman–Crippen MR) is 89.8 cm³/mol. The highest BCUT2D eigenvalue weighted by atomic mass is 32.1. The molecule has 2 aliphatic rings. The maximum absolute atomic E-state index is 12.9. The SMILES string of the molecule is Cn1cc(C(=O)N2CCC3(CC2)CC3C(=O)O)c(-c2cccs2)n1. The van der Waals surface area contributed by atoms with Crippen LogP contribution in [0.5, 0.6) is 0 Å². The molecule has 7 heteroatoms. The minimum Gasteiger partial charge on any atom is -0.481 e. The number of amides is 1. The van der Waals surface area contributed by atoms with E-state index in [2.05, 4.69) is 5.10 Å². The summed E-state index contributed by atoms with van der Waals surface area (Å²) in [5, 5.41) is 15.6. The molecule has 1 N–H and O–H groups in total. The lowest BCUT2D eigenvalue weighted by atomic mass is 9.90. The molecule has 1 aliphatic heterocycles. The van der Waals surface area contributed by atoms with Crippen LogP contribution in [0.4, 0.5) is 0 Å². The third-order valence-corrected chi connectivity index (χ3v) is 6.22. The Hall–Kier alpha value is -2.15. The van der Waals surface area contributed by atoms with Gasteiger partial charge in [-0.25, -0.2) is 0 Å². The van der Waals surface area contributed by atoms with Crippen molar-refractivity contribution < 1.29 is 14.7 Å². The van der Waals surface area contributed by atoms with Crippen molar-refractivity contribution >= 4 is 23.2 Å². The van der Waals surface area contributed by atoms with Gasteiger partial charge in [-0.3, -0.25) is 14.3 Å². The second-order valence-electron chi connectivity index (χ2n) is 6.79.